The topological polar surface area (TPSA) is 159 Å². The fraction of sp³-hybridized carbons (Fsp3) is 0.125. The van der Waals surface area contributed by atoms with Gasteiger partial charge in [0.15, 0.2) is 0 Å². The van der Waals surface area contributed by atoms with E-state index in [-0.39, 0.29) is 23.6 Å². The first-order chi connectivity index (χ1) is 8.58. The van der Waals surface area contributed by atoms with E-state index in [1.165, 1.54) is 12.1 Å². The summed E-state index contributed by atoms with van der Waals surface area (Å²) in [6.45, 7) is -0.210. The van der Waals surface area contributed by atoms with Crippen LogP contribution in [0.5, 0.6) is 0 Å². The summed E-state index contributed by atoms with van der Waals surface area (Å²) in [7, 11) is 0. The van der Waals surface area contributed by atoms with Gasteiger partial charge in [0.25, 0.3) is 11.6 Å². The molecule has 0 bridgehead atoms. The first-order valence-corrected chi connectivity index (χ1v) is 4.65. The molecule has 0 fully saturated rings. The van der Waals surface area contributed by atoms with Gasteiger partial charge < -0.3 is 5.32 Å². The molecular weight excluding hydrogens is 242 g/mol. The van der Waals surface area contributed by atoms with Crippen LogP contribution in [0.1, 0.15) is 0 Å². The number of nitro groups is 1. The van der Waals surface area contributed by atoms with Crippen LogP contribution in [-0.2, 0) is 4.79 Å². The van der Waals surface area contributed by atoms with Crippen LogP contribution in [0.4, 0.5) is 17.1 Å². The van der Waals surface area contributed by atoms with Gasteiger partial charge in [-0.15, -0.1) is 0 Å². The first-order valence-electron chi connectivity index (χ1n) is 4.65. The molecule has 1 amide bonds. The predicted octanol–water partition coefficient (Wildman–Crippen LogP) is 0.938. The van der Waals surface area contributed by atoms with Crippen LogP contribution >= 0.6 is 0 Å². The average molecular weight is 251 g/mol. The summed E-state index contributed by atoms with van der Waals surface area (Å²) in [5.74, 6) is 4.34. The van der Waals surface area contributed by atoms with Crippen LogP contribution in [0.2, 0.25) is 0 Å². The number of rotatable bonds is 5. The van der Waals surface area contributed by atoms with Crippen LogP contribution in [0, 0.1) is 10.1 Å². The van der Waals surface area contributed by atoms with Crippen molar-refractivity contribution in [3.8, 4) is 0 Å². The highest BCUT2D eigenvalue weighted by Gasteiger charge is 2.14. The maximum atomic E-state index is 10.9. The zero-order valence-electron chi connectivity index (χ0n) is 9.03. The molecule has 0 heterocycles. The molecule has 0 aliphatic heterocycles. The number of nitrogens with two attached hydrogens (primary N) is 1. The van der Waals surface area contributed by atoms with Gasteiger partial charge in [0.05, 0.1) is 11.5 Å². The monoisotopic (exact) mass is 251 g/mol. The minimum absolute atomic E-state index is 0.109. The number of benzene rings is 1. The Morgan fingerprint density at radius 2 is 2.33 bits per heavy atom. The minimum atomic E-state index is -0.654. The molecule has 0 radical (unpaired) electrons. The molecule has 10 nitrogen and oxygen atoms in total. The number of nitro benzene ring substituents is 1. The Morgan fingerprint density at radius 3 is 2.89 bits per heavy atom. The van der Waals surface area contributed by atoms with Crippen molar-refractivity contribution >= 4 is 23.0 Å². The van der Waals surface area contributed by atoms with Crippen molar-refractivity contribution in [2.45, 2.75) is 0 Å². The van der Waals surface area contributed by atoms with E-state index in [0.717, 1.165) is 6.07 Å². The van der Waals surface area contributed by atoms with Crippen molar-refractivity contribution < 1.29 is 9.72 Å². The quantitative estimate of drug-likeness (QED) is 0.135. The molecular formula is C8H9N7O3. The number of azide groups is 1. The van der Waals surface area contributed by atoms with Gasteiger partial charge in [0.2, 0.25) is 0 Å². The second kappa shape index (κ2) is 6.03. The van der Waals surface area contributed by atoms with E-state index in [0.29, 0.717) is 0 Å². The Balaban J connectivity index is 3.00. The maximum Gasteiger partial charge on any atom is 0.292 e. The highest BCUT2D eigenvalue weighted by atomic mass is 16.6. The fourth-order valence-corrected chi connectivity index (χ4v) is 1.16. The summed E-state index contributed by atoms with van der Waals surface area (Å²) in [6.07, 6.45) is 0. The zero-order valence-corrected chi connectivity index (χ0v) is 9.03. The van der Waals surface area contributed by atoms with E-state index in [2.05, 4.69) is 15.3 Å². The lowest BCUT2D eigenvalue weighted by molar-refractivity contribution is -0.383. The Bertz CT molecular complexity index is 523. The lowest BCUT2D eigenvalue weighted by Crippen LogP contribution is -2.35. The number of carbonyl (C=O) groups excluding carboxylic acids is 1. The zero-order chi connectivity index (χ0) is 13.5. The molecule has 1 aromatic rings. The van der Waals surface area contributed by atoms with Crippen molar-refractivity contribution in [1.29, 1.82) is 0 Å². The number of anilines is 1. The van der Waals surface area contributed by atoms with Gasteiger partial charge in [0, 0.05) is 16.7 Å². The lowest BCUT2D eigenvalue weighted by atomic mass is 10.2. The van der Waals surface area contributed by atoms with Gasteiger partial charge in [-0.05, 0) is 11.6 Å². The smallest absolute Gasteiger partial charge is 0.292 e. The van der Waals surface area contributed by atoms with E-state index >= 15 is 0 Å². The number of hydrazine groups is 1. The van der Waals surface area contributed by atoms with Crippen molar-refractivity contribution in [1.82, 2.24) is 5.43 Å². The van der Waals surface area contributed by atoms with Gasteiger partial charge in [-0.3, -0.25) is 20.3 Å². The Kier molecular flexibility index (Phi) is 4.43. The molecule has 94 valence electrons. The number of amides is 1. The summed E-state index contributed by atoms with van der Waals surface area (Å²) in [5, 5.41) is 16.6. The summed E-state index contributed by atoms with van der Waals surface area (Å²) in [4.78, 5) is 23.6. The van der Waals surface area contributed by atoms with Crippen LogP contribution in [0.3, 0.4) is 0 Å². The van der Waals surface area contributed by atoms with Crippen molar-refractivity contribution in [2.75, 3.05) is 11.9 Å². The minimum Gasteiger partial charge on any atom is -0.371 e. The third-order valence-corrected chi connectivity index (χ3v) is 1.94. The third kappa shape index (κ3) is 3.33. The Hall–Kier alpha value is -2.84. The van der Waals surface area contributed by atoms with Gasteiger partial charge in [-0.2, -0.15) is 0 Å². The standard InChI is InChI=1S/C8H9N7O3/c9-12-8(16)4-11-6-2-1-5(13-14-10)3-7(6)15(17)18/h1-3,11H,4,9H2,(H,12,16). The highest BCUT2D eigenvalue weighted by Crippen LogP contribution is 2.29. The first kappa shape index (κ1) is 13.2. The second-order valence-electron chi connectivity index (χ2n) is 3.07. The number of hydrogen-bond acceptors (Lipinski definition) is 6. The predicted molar refractivity (Wildman–Crippen MR) is 62.7 cm³/mol. The van der Waals surface area contributed by atoms with E-state index in [9.17, 15) is 14.9 Å². The van der Waals surface area contributed by atoms with Gasteiger partial charge in [-0.25, -0.2) is 5.84 Å². The number of nitrogens with one attached hydrogen (secondary N) is 2. The fourth-order valence-electron chi connectivity index (χ4n) is 1.16. The molecule has 0 aliphatic carbocycles. The Labute approximate surface area is 101 Å². The summed E-state index contributed by atoms with van der Waals surface area (Å²) in [6, 6.07) is 3.82. The number of hydrogen-bond donors (Lipinski definition) is 3. The lowest BCUT2D eigenvalue weighted by Gasteiger charge is -2.06. The molecule has 0 saturated heterocycles. The van der Waals surface area contributed by atoms with Crippen LogP contribution < -0.4 is 16.6 Å². The highest BCUT2D eigenvalue weighted by molar-refractivity contribution is 5.81. The number of nitrogens with zero attached hydrogens (tertiary/aromatic N) is 4. The van der Waals surface area contributed by atoms with Crippen molar-refractivity contribution in [3.05, 3.63) is 38.8 Å². The van der Waals surface area contributed by atoms with E-state index < -0.39 is 10.8 Å². The van der Waals surface area contributed by atoms with E-state index in [1.807, 2.05) is 5.43 Å². The van der Waals surface area contributed by atoms with Crippen LogP contribution in [0.25, 0.3) is 10.4 Å². The Morgan fingerprint density at radius 1 is 1.61 bits per heavy atom. The molecule has 10 heteroatoms. The summed E-state index contributed by atoms with van der Waals surface area (Å²) >= 11 is 0. The SMILES string of the molecule is [N-]=[N+]=Nc1ccc(NCC(=O)NN)c([N+](=O)[O-])c1. The van der Waals surface area contributed by atoms with Gasteiger partial charge in [0.1, 0.15) is 5.69 Å². The normalized spacial score (nSPS) is 9.17. The number of carbonyl (C=O) groups is 1. The molecule has 0 aliphatic rings. The average Bonchev–Trinajstić information content (AvgIpc) is 2.36. The molecule has 0 aromatic heterocycles. The molecule has 0 saturated carbocycles. The summed E-state index contributed by atoms with van der Waals surface area (Å²) < 4.78 is 0. The molecule has 1 rings (SSSR count). The van der Waals surface area contributed by atoms with Gasteiger partial charge in [-0.1, -0.05) is 11.2 Å². The van der Waals surface area contributed by atoms with Crippen LogP contribution in [0.15, 0.2) is 23.3 Å². The van der Waals surface area contributed by atoms with Crippen molar-refractivity contribution in [3.63, 3.8) is 0 Å². The molecule has 4 N–H and O–H groups in total. The molecule has 0 atom stereocenters. The molecule has 18 heavy (non-hydrogen) atoms. The maximum absolute atomic E-state index is 10.9. The molecule has 0 unspecified atom stereocenters. The summed E-state index contributed by atoms with van der Waals surface area (Å²) in [5.41, 5.74) is 10.0. The van der Waals surface area contributed by atoms with E-state index in [4.69, 9.17) is 11.4 Å². The van der Waals surface area contributed by atoms with Crippen LogP contribution in [-0.4, -0.2) is 17.4 Å². The van der Waals surface area contributed by atoms with Crippen molar-refractivity contribution in [2.24, 2.45) is 11.0 Å². The molecule has 0 spiro atoms. The third-order valence-electron chi connectivity index (χ3n) is 1.94. The molecule has 1 aromatic carbocycles. The van der Waals surface area contributed by atoms with Gasteiger partial charge >= 0.3 is 0 Å². The second-order valence-corrected chi connectivity index (χ2v) is 3.07. The largest absolute Gasteiger partial charge is 0.371 e. The van der Waals surface area contributed by atoms with E-state index in [1.54, 1.807) is 0 Å².